The minimum absolute atomic E-state index is 0.00824. The van der Waals surface area contributed by atoms with Crippen molar-refractivity contribution < 1.29 is 9.90 Å². The lowest BCUT2D eigenvalue weighted by molar-refractivity contribution is -0.137. The Morgan fingerprint density at radius 3 is 2.91 bits per heavy atom. The number of nitrogens with two attached hydrogens (primary N) is 1. The monoisotopic (exact) mass is 157 g/mol. The fourth-order valence-corrected chi connectivity index (χ4v) is 0.574. The number of aliphatic carboxylic acids is 1. The van der Waals surface area contributed by atoms with E-state index in [9.17, 15) is 4.79 Å². The lowest BCUT2D eigenvalue weighted by atomic mass is 10.3. The van der Waals surface area contributed by atoms with Gasteiger partial charge >= 0.3 is 5.97 Å². The molecule has 0 saturated carbocycles. The van der Waals surface area contributed by atoms with Gasteiger partial charge in [0.25, 0.3) is 0 Å². The first-order chi connectivity index (χ1) is 5.18. The Balaban J connectivity index is 2.45. The molecule has 0 radical (unpaired) electrons. The average molecular weight is 157 g/mol. The zero-order valence-electron chi connectivity index (χ0n) is 5.64. The highest BCUT2D eigenvalue weighted by molar-refractivity contribution is 5.66. The van der Waals surface area contributed by atoms with E-state index in [1.165, 1.54) is 0 Å². The molecule has 7 heteroatoms. The largest absolute Gasteiger partial charge is 0.481 e. The predicted octanol–water partition coefficient (Wildman–Crippen LogP) is -1.60. The standard InChI is InChI=1S/C4H7N5O2/c5-9-7-3(6-8-9)1-2-4(10)11/h1-2,5H2,(H,10,11). The number of hydrogen-bond acceptors (Lipinski definition) is 5. The molecule has 0 amide bonds. The molecule has 0 spiro atoms. The van der Waals surface area contributed by atoms with E-state index < -0.39 is 5.97 Å². The number of nitrogen functional groups attached to an aromatic ring is 1. The van der Waals surface area contributed by atoms with Gasteiger partial charge < -0.3 is 10.9 Å². The first-order valence-corrected chi connectivity index (χ1v) is 2.94. The summed E-state index contributed by atoms with van der Waals surface area (Å²) in [5.74, 6) is 4.52. The fraction of sp³-hybridized carbons (Fsp3) is 0.500. The summed E-state index contributed by atoms with van der Waals surface area (Å²) in [5, 5.41) is 18.7. The molecule has 1 aromatic heterocycles. The molecule has 0 aromatic carbocycles. The topological polar surface area (TPSA) is 107 Å². The van der Waals surface area contributed by atoms with Gasteiger partial charge in [-0.15, -0.1) is 10.2 Å². The number of carboxylic acid groups (broad SMARTS) is 1. The van der Waals surface area contributed by atoms with Crippen molar-refractivity contribution >= 4 is 5.97 Å². The van der Waals surface area contributed by atoms with Crippen molar-refractivity contribution in [3.05, 3.63) is 5.82 Å². The molecule has 1 heterocycles. The number of aromatic nitrogens is 4. The second kappa shape index (κ2) is 2.95. The van der Waals surface area contributed by atoms with Gasteiger partial charge in [0, 0.05) is 6.42 Å². The van der Waals surface area contributed by atoms with Crippen LogP contribution >= 0.6 is 0 Å². The fourth-order valence-electron chi connectivity index (χ4n) is 0.574. The molecule has 0 fully saturated rings. The number of tetrazole rings is 1. The molecule has 60 valence electrons. The van der Waals surface area contributed by atoms with Gasteiger partial charge in [-0.05, 0) is 5.21 Å². The maximum atomic E-state index is 10.1. The van der Waals surface area contributed by atoms with E-state index in [4.69, 9.17) is 10.9 Å². The van der Waals surface area contributed by atoms with E-state index >= 15 is 0 Å². The summed E-state index contributed by atoms with van der Waals surface area (Å²) >= 11 is 0. The molecule has 0 aliphatic carbocycles. The molecule has 0 aliphatic rings. The number of aryl methyl sites for hydroxylation is 1. The summed E-state index contributed by atoms with van der Waals surface area (Å²) in [6.07, 6.45) is 0.248. The number of nitrogens with zero attached hydrogens (tertiary/aromatic N) is 4. The quantitative estimate of drug-likeness (QED) is 0.512. The third kappa shape index (κ3) is 2.20. The van der Waals surface area contributed by atoms with Gasteiger partial charge in [0.15, 0.2) is 5.82 Å². The van der Waals surface area contributed by atoms with Gasteiger partial charge in [-0.2, -0.15) is 0 Å². The Kier molecular flexibility index (Phi) is 2.00. The van der Waals surface area contributed by atoms with Crippen LogP contribution in [-0.2, 0) is 11.2 Å². The van der Waals surface area contributed by atoms with Gasteiger partial charge in [0.2, 0.25) is 0 Å². The number of hydrogen-bond donors (Lipinski definition) is 2. The third-order valence-corrected chi connectivity index (χ3v) is 1.03. The van der Waals surface area contributed by atoms with Gasteiger partial charge in [-0.25, -0.2) is 0 Å². The molecule has 11 heavy (non-hydrogen) atoms. The maximum Gasteiger partial charge on any atom is 0.303 e. The Bertz CT molecular complexity index is 257. The van der Waals surface area contributed by atoms with E-state index in [0.717, 1.165) is 4.91 Å². The van der Waals surface area contributed by atoms with Gasteiger partial charge in [-0.1, -0.05) is 4.91 Å². The molecule has 0 unspecified atom stereocenters. The molecule has 0 atom stereocenters. The second-order valence-corrected chi connectivity index (χ2v) is 1.92. The Labute approximate surface area is 61.8 Å². The van der Waals surface area contributed by atoms with Crippen LogP contribution in [0.1, 0.15) is 12.2 Å². The summed E-state index contributed by atoms with van der Waals surface area (Å²) in [7, 11) is 0. The number of carboxylic acids is 1. The van der Waals surface area contributed by atoms with Crippen molar-refractivity contribution in [2.45, 2.75) is 12.8 Å². The third-order valence-electron chi connectivity index (χ3n) is 1.03. The normalized spacial score (nSPS) is 9.82. The van der Waals surface area contributed by atoms with Crippen molar-refractivity contribution in [1.82, 2.24) is 20.3 Å². The molecular formula is C4H7N5O2. The van der Waals surface area contributed by atoms with Crippen molar-refractivity contribution in [3.63, 3.8) is 0 Å². The molecule has 7 nitrogen and oxygen atoms in total. The predicted molar refractivity (Wildman–Crippen MR) is 33.9 cm³/mol. The van der Waals surface area contributed by atoms with Crippen LogP contribution in [0, 0.1) is 0 Å². The molecule has 0 saturated heterocycles. The molecule has 0 bridgehead atoms. The Hall–Kier alpha value is -1.66. The molecule has 1 rings (SSSR count). The van der Waals surface area contributed by atoms with Crippen molar-refractivity contribution in [2.75, 3.05) is 5.84 Å². The van der Waals surface area contributed by atoms with Gasteiger partial charge in [0.1, 0.15) is 0 Å². The first kappa shape index (κ1) is 7.45. The van der Waals surface area contributed by atoms with Crippen molar-refractivity contribution in [3.8, 4) is 0 Å². The lowest BCUT2D eigenvalue weighted by Gasteiger charge is -1.86. The van der Waals surface area contributed by atoms with Crippen LogP contribution in [0.4, 0.5) is 0 Å². The lowest BCUT2D eigenvalue weighted by Crippen LogP contribution is -2.12. The summed E-state index contributed by atoms with van der Waals surface area (Å²) in [6, 6.07) is 0. The van der Waals surface area contributed by atoms with Gasteiger partial charge in [0.05, 0.1) is 6.42 Å². The minimum Gasteiger partial charge on any atom is -0.481 e. The maximum absolute atomic E-state index is 10.1. The zero-order chi connectivity index (χ0) is 8.27. The number of rotatable bonds is 3. The van der Waals surface area contributed by atoms with Crippen LogP contribution in [0.5, 0.6) is 0 Å². The van der Waals surface area contributed by atoms with Crippen molar-refractivity contribution in [1.29, 1.82) is 0 Å². The zero-order valence-corrected chi connectivity index (χ0v) is 5.64. The second-order valence-electron chi connectivity index (χ2n) is 1.92. The van der Waals surface area contributed by atoms with Crippen LogP contribution in [-0.4, -0.2) is 31.4 Å². The highest BCUT2D eigenvalue weighted by atomic mass is 16.4. The Morgan fingerprint density at radius 2 is 2.45 bits per heavy atom. The van der Waals surface area contributed by atoms with E-state index in [0.29, 0.717) is 5.82 Å². The van der Waals surface area contributed by atoms with Crippen LogP contribution in [0.15, 0.2) is 0 Å². The smallest absolute Gasteiger partial charge is 0.303 e. The van der Waals surface area contributed by atoms with Crippen LogP contribution in [0.2, 0.25) is 0 Å². The summed E-state index contributed by atoms with van der Waals surface area (Å²) in [4.78, 5) is 10.9. The highest BCUT2D eigenvalue weighted by Gasteiger charge is 2.03. The molecule has 3 N–H and O–H groups in total. The van der Waals surface area contributed by atoms with Crippen LogP contribution in [0.3, 0.4) is 0 Å². The summed E-state index contributed by atoms with van der Waals surface area (Å²) in [6.45, 7) is 0. The average Bonchev–Trinajstić information content (AvgIpc) is 2.31. The van der Waals surface area contributed by atoms with E-state index in [1.54, 1.807) is 0 Å². The first-order valence-electron chi connectivity index (χ1n) is 2.94. The van der Waals surface area contributed by atoms with E-state index in [1.807, 2.05) is 0 Å². The van der Waals surface area contributed by atoms with E-state index in [2.05, 4.69) is 15.4 Å². The van der Waals surface area contributed by atoms with Gasteiger partial charge in [-0.3, -0.25) is 4.79 Å². The summed E-state index contributed by atoms with van der Waals surface area (Å²) < 4.78 is 0. The van der Waals surface area contributed by atoms with Crippen LogP contribution in [0.25, 0.3) is 0 Å². The van der Waals surface area contributed by atoms with Crippen LogP contribution < -0.4 is 5.84 Å². The van der Waals surface area contributed by atoms with E-state index in [-0.39, 0.29) is 12.8 Å². The summed E-state index contributed by atoms with van der Waals surface area (Å²) in [5.41, 5.74) is 0. The van der Waals surface area contributed by atoms with Crippen molar-refractivity contribution in [2.24, 2.45) is 0 Å². The molecule has 0 aliphatic heterocycles. The SMILES string of the molecule is Nn1nnc(CCC(=O)O)n1. The molecular weight excluding hydrogens is 150 g/mol. The highest BCUT2D eigenvalue weighted by Crippen LogP contribution is 1.91. The Morgan fingerprint density at radius 1 is 1.73 bits per heavy atom. The minimum atomic E-state index is -0.890. The number of carbonyl (C=O) groups is 1. The molecule has 1 aromatic rings.